The Balaban J connectivity index is 2.20. The third kappa shape index (κ3) is 1.71. The van der Waals surface area contributed by atoms with E-state index < -0.39 is 5.97 Å². The van der Waals surface area contributed by atoms with Crippen LogP contribution in [0.25, 0.3) is 10.8 Å². The van der Waals surface area contributed by atoms with Crippen molar-refractivity contribution in [1.82, 2.24) is 0 Å². The highest BCUT2D eigenvalue weighted by molar-refractivity contribution is 5.96. The third-order valence-electron chi connectivity index (χ3n) is 3.25. The molecule has 1 heterocycles. The van der Waals surface area contributed by atoms with E-state index in [4.69, 9.17) is 15.6 Å². The molecule has 3 N–H and O–H groups in total. The van der Waals surface area contributed by atoms with Gasteiger partial charge in [-0.15, -0.1) is 0 Å². The standard InChI is InChI=1S/C14H13NO3/c15-10-6-12-11-3-1-9(14(16)17)5-8(11)2-4-13(12)18-7-10/h1-5,10H,6-7,15H2,(H,16,17). The number of nitrogens with two attached hydrogens (primary N) is 1. The van der Waals surface area contributed by atoms with Crippen LogP contribution in [0.2, 0.25) is 0 Å². The summed E-state index contributed by atoms with van der Waals surface area (Å²) >= 11 is 0. The molecule has 0 fully saturated rings. The highest BCUT2D eigenvalue weighted by Gasteiger charge is 2.19. The molecule has 4 heteroatoms. The Morgan fingerprint density at radius 2 is 2.17 bits per heavy atom. The maximum Gasteiger partial charge on any atom is 0.335 e. The Morgan fingerprint density at radius 1 is 1.33 bits per heavy atom. The second kappa shape index (κ2) is 3.99. The maximum absolute atomic E-state index is 10.9. The van der Waals surface area contributed by atoms with E-state index in [2.05, 4.69) is 0 Å². The minimum atomic E-state index is -0.914. The van der Waals surface area contributed by atoms with Crippen LogP contribution in [0.1, 0.15) is 15.9 Å². The summed E-state index contributed by atoms with van der Waals surface area (Å²) in [4.78, 5) is 10.9. The Hall–Kier alpha value is -2.07. The van der Waals surface area contributed by atoms with E-state index in [-0.39, 0.29) is 6.04 Å². The van der Waals surface area contributed by atoms with Crippen molar-refractivity contribution < 1.29 is 14.6 Å². The molecule has 0 saturated heterocycles. The first-order valence-electron chi connectivity index (χ1n) is 5.82. The molecule has 1 aliphatic heterocycles. The van der Waals surface area contributed by atoms with Crippen LogP contribution in [-0.2, 0) is 6.42 Å². The molecule has 1 atom stereocenters. The van der Waals surface area contributed by atoms with Crippen LogP contribution in [0.5, 0.6) is 5.75 Å². The van der Waals surface area contributed by atoms with Gasteiger partial charge < -0.3 is 15.6 Å². The van der Waals surface area contributed by atoms with Gasteiger partial charge in [0.1, 0.15) is 12.4 Å². The number of ether oxygens (including phenoxy) is 1. The summed E-state index contributed by atoms with van der Waals surface area (Å²) < 4.78 is 5.58. The predicted octanol–water partition coefficient (Wildman–Crippen LogP) is 1.80. The molecular formula is C14H13NO3. The topological polar surface area (TPSA) is 72.5 Å². The smallest absolute Gasteiger partial charge is 0.335 e. The molecule has 0 aliphatic carbocycles. The van der Waals surface area contributed by atoms with Crippen LogP contribution in [-0.4, -0.2) is 23.7 Å². The van der Waals surface area contributed by atoms with Gasteiger partial charge in [-0.3, -0.25) is 0 Å². The monoisotopic (exact) mass is 243 g/mol. The molecule has 2 aromatic carbocycles. The fraction of sp³-hybridized carbons (Fsp3) is 0.214. The molecule has 0 spiro atoms. The number of carboxylic acids is 1. The summed E-state index contributed by atoms with van der Waals surface area (Å²) in [5.41, 5.74) is 7.27. The largest absolute Gasteiger partial charge is 0.492 e. The van der Waals surface area contributed by atoms with E-state index in [1.54, 1.807) is 12.1 Å². The molecule has 2 aromatic rings. The number of carboxylic acid groups (broad SMARTS) is 1. The highest BCUT2D eigenvalue weighted by atomic mass is 16.5. The van der Waals surface area contributed by atoms with Crippen molar-refractivity contribution in [2.75, 3.05) is 6.61 Å². The highest BCUT2D eigenvalue weighted by Crippen LogP contribution is 2.32. The lowest BCUT2D eigenvalue weighted by Crippen LogP contribution is -2.33. The van der Waals surface area contributed by atoms with Gasteiger partial charge in [-0.05, 0) is 35.4 Å². The lowest BCUT2D eigenvalue weighted by Gasteiger charge is -2.23. The van der Waals surface area contributed by atoms with Gasteiger partial charge in [-0.25, -0.2) is 4.79 Å². The molecule has 0 aromatic heterocycles. The molecule has 1 unspecified atom stereocenters. The van der Waals surface area contributed by atoms with Gasteiger partial charge in [0.15, 0.2) is 0 Å². The van der Waals surface area contributed by atoms with Crippen LogP contribution >= 0.6 is 0 Å². The average molecular weight is 243 g/mol. The van der Waals surface area contributed by atoms with E-state index in [1.807, 2.05) is 18.2 Å². The molecular weight excluding hydrogens is 230 g/mol. The van der Waals surface area contributed by atoms with Gasteiger partial charge in [0, 0.05) is 11.6 Å². The Bertz CT molecular complexity index is 636. The molecule has 92 valence electrons. The molecule has 3 rings (SSSR count). The summed E-state index contributed by atoms with van der Waals surface area (Å²) in [5, 5.41) is 10.9. The number of hydrogen-bond acceptors (Lipinski definition) is 3. The third-order valence-corrected chi connectivity index (χ3v) is 3.25. The lowest BCUT2D eigenvalue weighted by molar-refractivity contribution is 0.0697. The van der Waals surface area contributed by atoms with Crippen molar-refractivity contribution >= 4 is 16.7 Å². The van der Waals surface area contributed by atoms with E-state index in [1.165, 1.54) is 0 Å². The van der Waals surface area contributed by atoms with Crippen LogP contribution in [0.3, 0.4) is 0 Å². The van der Waals surface area contributed by atoms with Gasteiger partial charge in [0.05, 0.1) is 5.56 Å². The van der Waals surface area contributed by atoms with Gasteiger partial charge in [-0.1, -0.05) is 12.1 Å². The molecule has 18 heavy (non-hydrogen) atoms. The minimum Gasteiger partial charge on any atom is -0.492 e. The fourth-order valence-corrected chi connectivity index (χ4v) is 2.37. The van der Waals surface area contributed by atoms with Gasteiger partial charge in [0.2, 0.25) is 0 Å². The van der Waals surface area contributed by atoms with Crippen molar-refractivity contribution in [2.45, 2.75) is 12.5 Å². The molecule has 1 aliphatic rings. The zero-order valence-corrected chi connectivity index (χ0v) is 9.72. The van der Waals surface area contributed by atoms with Gasteiger partial charge >= 0.3 is 5.97 Å². The number of benzene rings is 2. The summed E-state index contributed by atoms with van der Waals surface area (Å²) in [5.74, 6) is -0.0603. The average Bonchev–Trinajstić information content (AvgIpc) is 2.37. The number of aromatic carboxylic acids is 1. The minimum absolute atomic E-state index is 0.00208. The quantitative estimate of drug-likeness (QED) is 0.801. The number of fused-ring (bicyclic) bond motifs is 3. The molecule has 0 radical (unpaired) electrons. The number of hydrogen-bond donors (Lipinski definition) is 2. The van der Waals surface area contributed by atoms with Crippen molar-refractivity contribution in [3.63, 3.8) is 0 Å². The molecule has 0 saturated carbocycles. The van der Waals surface area contributed by atoms with Crippen LogP contribution in [0, 0.1) is 0 Å². The molecule has 0 amide bonds. The summed E-state index contributed by atoms with van der Waals surface area (Å²) in [6.45, 7) is 0.533. The second-order valence-electron chi connectivity index (χ2n) is 4.56. The number of rotatable bonds is 1. The SMILES string of the molecule is NC1COc2ccc3cc(C(=O)O)ccc3c2C1. The van der Waals surface area contributed by atoms with Gasteiger partial charge in [0.25, 0.3) is 0 Å². The first-order valence-corrected chi connectivity index (χ1v) is 5.82. The fourth-order valence-electron chi connectivity index (χ4n) is 2.37. The summed E-state index contributed by atoms with van der Waals surface area (Å²) in [6.07, 6.45) is 0.763. The predicted molar refractivity (Wildman–Crippen MR) is 68.1 cm³/mol. The van der Waals surface area contributed by atoms with E-state index in [9.17, 15) is 4.79 Å². The van der Waals surface area contributed by atoms with Crippen molar-refractivity contribution in [3.05, 3.63) is 41.5 Å². The summed E-state index contributed by atoms with van der Waals surface area (Å²) in [6, 6.07) is 8.90. The van der Waals surface area contributed by atoms with Crippen LogP contribution in [0.4, 0.5) is 0 Å². The second-order valence-corrected chi connectivity index (χ2v) is 4.56. The van der Waals surface area contributed by atoms with Crippen molar-refractivity contribution in [2.24, 2.45) is 5.73 Å². The van der Waals surface area contributed by atoms with Crippen molar-refractivity contribution in [1.29, 1.82) is 0 Å². The normalized spacial score (nSPS) is 18.2. The Labute approximate surface area is 104 Å². The van der Waals surface area contributed by atoms with E-state index in [0.717, 1.165) is 28.5 Å². The molecule has 0 bridgehead atoms. The zero-order valence-electron chi connectivity index (χ0n) is 9.72. The maximum atomic E-state index is 10.9. The van der Waals surface area contributed by atoms with Crippen LogP contribution < -0.4 is 10.5 Å². The lowest BCUT2D eigenvalue weighted by atomic mass is 9.95. The van der Waals surface area contributed by atoms with E-state index in [0.29, 0.717) is 12.2 Å². The van der Waals surface area contributed by atoms with Crippen LogP contribution in [0.15, 0.2) is 30.3 Å². The van der Waals surface area contributed by atoms with Crippen molar-refractivity contribution in [3.8, 4) is 5.75 Å². The van der Waals surface area contributed by atoms with Gasteiger partial charge in [-0.2, -0.15) is 0 Å². The Morgan fingerprint density at radius 3 is 2.94 bits per heavy atom. The first kappa shape index (κ1) is 11.0. The first-order chi connectivity index (χ1) is 8.65. The zero-order chi connectivity index (χ0) is 12.7. The molecule has 4 nitrogen and oxygen atoms in total. The summed E-state index contributed by atoms with van der Waals surface area (Å²) in [7, 11) is 0. The Kier molecular flexibility index (Phi) is 2.45. The number of carbonyl (C=O) groups is 1. The van der Waals surface area contributed by atoms with E-state index >= 15 is 0 Å².